The normalized spacial score (nSPS) is 33.7. The van der Waals surface area contributed by atoms with Crippen molar-refractivity contribution in [2.45, 2.75) is 61.6 Å². The van der Waals surface area contributed by atoms with Gasteiger partial charge in [0.2, 0.25) is 5.91 Å². The third-order valence-corrected chi connectivity index (χ3v) is 8.58. The minimum Gasteiger partial charge on any atom is -0.381 e. The number of carbonyl (C=O) groups is 1. The summed E-state index contributed by atoms with van der Waals surface area (Å²) in [6.45, 7) is 1.36. The van der Waals surface area contributed by atoms with Crippen molar-refractivity contribution in [1.82, 2.24) is 5.48 Å². The van der Waals surface area contributed by atoms with Gasteiger partial charge >= 0.3 is 0 Å². The van der Waals surface area contributed by atoms with E-state index in [1.54, 1.807) is 17.6 Å². The molecule has 0 heterocycles. The molecule has 3 unspecified atom stereocenters. The summed E-state index contributed by atoms with van der Waals surface area (Å²) in [5, 5.41) is 10.0. The van der Waals surface area contributed by atoms with Crippen molar-refractivity contribution < 1.29 is 14.7 Å². The number of rotatable bonds is 8. The van der Waals surface area contributed by atoms with Gasteiger partial charge in [-0.3, -0.25) is 10.0 Å². The summed E-state index contributed by atoms with van der Waals surface area (Å²) in [7, 11) is 0. The minimum atomic E-state index is -0.427. The quantitative estimate of drug-likeness (QED) is 0.194. The fourth-order valence-corrected chi connectivity index (χ4v) is 8.56. The van der Waals surface area contributed by atoms with Crippen LogP contribution in [0, 0.1) is 17.3 Å². The van der Waals surface area contributed by atoms with Gasteiger partial charge in [-0.25, -0.2) is 5.48 Å². The zero-order chi connectivity index (χ0) is 20.6. The van der Waals surface area contributed by atoms with Crippen molar-refractivity contribution in [3.8, 4) is 0 Å². The van der Waals surface area contributed by atoms with Gasteiger partial charge in [0.25, 0.3) is 0 Å². The Hall–Kier alpha value is -0.330. The van der Waals surface area contributed by atoms with E-state index < -0.39 is 5.91 Å². The average Bonchev–Trinajstić information content (AvgIpc) is 2.62. The second kappa shape index (κ2) is 8.66. The molecule has 160 valence electrons. The number of ether oxygens (including phenoxy) is 1. The fraction of sp³-hybridized carbons (Fsp3) is 0.682. The maximum absolute atomic E-state index is 11.8. The summed E-state index contributed by atoms with van der Waals surface area (Å²) in [5.74, 6) is 1.12. The van der Waals surface area contributed by atoms with Crippen molar-refractivity contribution in [2.75, 3.05) is 13.2 Å². The molecule has 0 aliphatic heterocycles. The molecule has 5 rings (SSSR count). The van der Waals surface area contributed by atoms with E-state index in [0.29, 0.717) is 32.8 Å². The van der Waals surface area contributed by atoms with Crippen LogP contribution in [0.15, 0.2) is 18.2 Å². The highest BCUT2D eigenvalue weighted by atomic mass is 79.9. The number of hydroxylamine groups is 1. The third kappa shape index (κ3) is 4.95. The first-order chi connectivity index (χ1) is 13.8. The number of nitrogens with one attached hydrogen (secondary N) is 1. The van der Waals surface area contributed by atoms with E-state index >= 15 is 0 Å². The van der Waals surface area contributed by atoms with E-state index in [9.17, 15) is 4.79 Å². The number of alkyl halides is 1. The molecule has 0 spiro atoms. The predicted molar refractivity (Wildman–Crippen MR) is 118 cm³/mol. The van der Waals surface area contributed by atoms with Crippen LogP contribution in [0.1, 0.15) is 62.8 Å². The van der Waals surface area contributed by atoms with Crippen LogP contribution in [0.5, 0.6) is 0 Å². The number of benzene rings is 1. The molecular weight excluding hydrogens is 477 g/mol. The second-order valence-corrected chi connectivity index (χ2v) is 12.1. The molecule has 4 aliphatic rings. The molecule has 4 nitrogen and oxygen atoms in total. The Morgan fingerprint density at radius 2 is 2.00 bits per heavy atom. The minimum absolute atomic E-state index is 0.134. The zero-order valence-corrected chi connectivity index (χ0v) is 19.5. The molecule has 4 aliphatic carbocycles. The zero-order valence-electron chi connectivity index (χ0n) is 16.4. The lowest BCUT2D eigenvalue weighted by atomic mass is 9.50. The summed E-state index contributed by atoms with van der Waals surface area (Å²) in [4.78, 5) is 11.8. The molecule has 0 aromatic heterocycles. The summed E-state index contributed by atoms with van der Waals surface area (Å²) in [6, 6.07) is 5.32. The molecule has 3 atom stereocenters. The average molecular weight is 505 g/mol. The molecule has 4 fully saturated rings. The standard InChI is InChI=1S/C22H28BrCl2NO3/c23-22-10-14-5-15(11-22)9-21(8-14,12-22)13-29-4-3-16(6-20(27)26-28)18-2-1-17(24)7-19(18)25/h1-2,7,14-16,28H,3-6,8-13H2,(H,26,27). The Morgan fingerprint density at radius 1 is 1.28 bits per heavy atom. The van der Waals surface area contributed by atoms with Gasteiger partial charge in [-0.2, -0.15) is 0 Å². The molecule has 0 saturated heterocycles. The van der Waals surface area contributed by atoms with Crippen molar-refractivity contribution in [3.05, 3.63) is 33.8 Å². The predicted octanol–water partition coefficient (Wildman–Crippen LogP) is 6.11. The number of halogens is 3. The van der Waals surface area contributed by atoms with E-state index in [1.165, 1.54) is 38.5 Å². The highest BCUT2D eigenvalue weighted by Crippen LogP contribution is 2.64. The van der Waals surface area contributed by atoms with E-state index in [4.69, 9.17) is 33.1 Å². The van der Waals surface area contributed by atoms with Gasteiger partial charge in [0.1, 0.15) is 0 Å². The Bertz CT molecular complexity index is 760. The molecule has 1 aromatic carbocycles. The fourth-order valence-electron chi connectivity index (χ4n) is 6.49. The molecule has 1 aromatic rings. The smallest absolute Gasteiger partial charge is 0.243 e. The largest absolute Gasteiger partial charge is 0.381 e. The van der Waals surface area contributed by atoms with E-state index in [1.807, 2.05) is 6.07 Å². The first-order valence-corrected chi connectivity index (χ1v) is 12.0. The maximum Gasteiger partial charge on any atom is 0.243 e. The lowest BCUT2D eigenvalue weighted by molar-refractivity contribution is -0.129. The Morgan fingerprint density at radius 3 is 2.62 bits per heavy atom. The molecule has 2 N–H and O–H groups in total. The molecule has 4 bridgehead atoms. The first kappa shape index (κ1) is 21.9. The van der Waals surface area contributed by atoms with Gasteiger partial charge in [-0.05, 0) is 85.8 Å². The van der Waals surface area contributed by atoms with Crippen molar-refractivity contribution in [1.29, 1.82) is 0 Å². The lowest BCUT2D eigenvalue weighted by Crippen LogP contribution is -2.54. The molecule has 0 radical (unpaired) electrons. The molecular formula is C22H28BrCl2NO3. The topological polar surface area (TPSA) is 58.6 Å². The monoisotopic (exact) mass is 503 g/mol. The maximum atomic E-state index is 11.8. The van der Waals surface area contributed by atoms with Crippen LogP contribution in [-0.2, 0) is 9.53 Å². The highest BCUT2D eigenvalue weighted by Gasteiger charge is 2.56. The van der Waals surface area contributed by atoms with Gasteiger partial charge in [-0.15, -0.1) is 0 Å². The summed E-state index contributed by atoms with van der Waals surface area (Å²) in [5.41, 5.74) is 2.89. The second-order valence-electron chi connectivity index (χ2n) is 9.56. The Balaban J connectivity index is 1.36. The van der Waals surface area contributed by atoms with Crippen molar-refractivity contribution in [3.63, 3.8) is 0 Å². The van der Waals surface area contributed by atoms with Crippen LogP contribution >= 0.6 is 39.1 Å². The molecule has 29 heavy (non-hydrogen) atoms. The summed E-state index contributed by atoms with van der Waals surface area (Å²) >= 11 is 16.4. The Kier molecular flexibility index (Phi) is 6.54. The van der Waals surface area contributed by atoms with Crippen LogP contribution in [0.3, 0.4) is 0 Å². The van der Waals surface area contributed by atoms with E-state index in [-0.39, 0.29) is 12.3 Å². The van der Waals surface area contributed by atoms with Crippen LogP contribution in [-0.4, -0.2) is 28.7 Å². The van der Waals surface area contributed by atoms with Crippen LogP contribution < -0.4 is 5.48 Å². The molecule has 1 amide bonds. The first-order valence-electron chi connectivity index (χ1n) is 10.4. The number of carbonyl (C=O) groups excluding carboxylic acids is 1. The molecule has 7 heteroatoms. The van der Waals surface area contributed by atoms with Crippen LogP contribution in [0.4, 0.5) is 0 Å². The van der Waals surface area contributed by atoms with Gasteiger partial charge in [0, 0.05) is 27.4 Å². The van der Waals surface area contributed by atoms with Crippen molar-refractivity contribution in [2.24, 2.45) is 17.3 Å². The Labute approximate surface area is 190 Å². The van der Waals surface area contributed by atoms with Crippen LogP contribution in [0.2, 0.25) is 10.0 Å². The van der Waals surface area contributed by atoms with Gasteiger partial charge < -0.3 is 4.74 Å². The van der Waals surface area contributed by atoms with Gasteiger partial charge in [0.05, 0.1) is 6.61 Å². The SMILES string of the molecule is O=C(CC(CCOCC12CC3CC(CC(Br)(C3)C1)C2)c1ccc(Cl)cc1Cl)NO. The van der Waals surface area contributed by atoms with Crippen molar-refractivity contribution >= 4 is 45.0 Å². The number of hydrogen-bond donors (Lipinski definition) is 2. The number of amides is 1. The van der Waals surface area contributed by atoms with E-state index in [2.05, 4.69) is 15.9 Å². The van der Waals surface area contributed by atoms with Gasteiger partial charge in [-0.1, -0.05) is 45.2 Å². The van der Waals surface area contributed by atoms with Gasteiger partial charge in [0.15, 0.2) is 0 Å². The highest BCUT2D eigenvalue weighted by molar-refractivity contribution is 9.10. The van der Waals surface area contributed by atoms with Crippen LogP contribution in [0.25, 0.3) is 0 Å². The molecule has 4 saturated carbocycles. The lowest BCUT2D eigenvalue weighted by Gasteiger charge is -2.60. The third-order valence-electron chi connectivity index (χ3n) is 7.09. The van der Waals surface area contributed by atoms with E-state index in [0.717, 1.165) is 24.0 Å². The summed E-state index contributed by atoms with van der Waals surface area (Å²) in [6.07, 6.45) is 8.64. The summed E-state index contributed by atoms with van der Waals surface area (Å²) < 4.78 is 6.54. The number of hydrogen-bond acceptors (Lipinski definition) is 3.